The minimum Gasteiger partial charge on any atom is -0.403 e. The maximum atomic E-state index is 13.9. The molecule has 55 heavy (non-hydrogen) atoms. The van der Waals surface area contributed by atoms with Crippen molar-refractivity contribution >= 4 is 0 Å². The summed E-state index contributed by atoms with van der Waals surface area (Å²) in [6, 6.07) is 5.78. The largest absolute Gasteiger partial charge is 0.573 e. The van der Waals surface area contributed by atoms with Gasteiger partial charge in [0, 0.05) is 0 Å². The number of hydrogen-bond acceptors (Lipinski definition) is 2. The van der Waals surface area contributed by atoms with E-state index in [0.717, 1.165) is 104 Å². The predicted molar refractivity (Wildman–Crippen MR) is 196 cm³/mol. The first-order chi connectivity index (χ1) is 26.0. The van der Waals surface area contributed by atoms with E-state index in [2.05, 4.69) is 23.3 Å². The molecule has 2 aromatic carbocycles. The molecule has 4 aliphatic rings. The van der Waals surface area contributed by atoms with Crippen LogP contribution in [-0.4, -0.2) is 12.7 Å². The van der Waals surface area contributed by atoms with Gasteiger partial charge in [0.25, 0.3) is 0 Å². The highest BCUT2D eigenvalue weighted by Gasteiger charge is 2.35. The molecule has 0 heterocycles. The van der Waals surface area contributed by atoms with Gasteiger partial charge in [-0.25, -0.2) is 13.2 Å². The molecule has 4 fully saturated rings. The first-order valence-corrected chi connectivity index (χ1v) is 20.8. The molecule has 0 amide bonds. The molecule has 11 heteroatoms. The van der Waals surface area contributed by atoms with E-state index < -0.39 is 41.7 Å². The summed E-state index contributed by atoms with van der Waals surface area (Å²) in [5.74, 6) is 0.233. The summed E-state index contributed by atoms with van der Waals surface area (Å²) in [7, 11) is 0. The third-order valence-electron chi connectivity index (χ3n) is 13.1. The average Bonchev–Trinajstić information content (AvgIpc) is 3.11. The minimum absolute atomic E-state index is 0.329. The molecule has 4 saturated carbocycles. The highest BCUT2D eigenvalue weighted by molar-refractivity contribution is 5.32. The Morgan fingerprint density at radius 1 is 0.455 bits per heavy atom. The Balaban J connectivity index is 0.000000211. The van der Waals surface area contributed by atoms with E-state index >= 15 is 0 Å². The second-order valence-corrected chi connectivity index (χ2v) is 17.7. The van der Waals surface area contributed by atoms with Gasteiger partial charge in [-0.2, -0.15) is 0 Å². The van der Waals surface area contributed by atoms with Gasteiger partial charge in [0.15, 0.2) is 23.2 Å². The number of ether oxygens (including phenoxy) is 2. The van der Waals surface area contributed by atoms with Crippen LogP contribution >= 0.6 is 0 Å². The van der Waals surface area contributed by atoms with Crippen molar-refractivity contribution in [3.8, 4) is 11.5 Å². The number of halogens is 9. The highest BCUT2D eigenvalue weighted by Crippen LogP contribution is 2.41. The van der Waals surface area contributed by atoms with Crippen molar-refractivity contribution < 1.29 is 49.0 Å². The van der Waals surface area contributed by atoms with Crippen molar-refractivity contribution in [2.24, 2.45) is 47.3 Å². The molecule has 4 aliphatic carbocycles. The first-order valence-electron chi connectivity index (χ1n) is 20.8. The zero-order valence-electron chi connectivity index (χ0n) is 32.4. The van der Waals surface area contributed by atoms with E-state index in [0.29, 0.717) is 23.8 Å². The second kappa shape index (κ2) is 19.7. The van der Waals surface area contributed by atoms with E-state index in [-0.39, 0.29) is 0 Å². The van der Waals surface area contributed by atoms with Crippen LogP contribution in [0.3, 0.4) is 0 Å². The summed E-state index contributed by atoms with van der Waals surface area (Å²) < 4.78 is 122. The first kappa shape index (κ1) is 43.5. The van der Waals surface area contributed by atoms with E-state index in [4.69, 9.17) is 0 Å². The third-order valence-corrected chi connectivity index (χ3v) is 13.1. The Bertz CT molecular complexity index is 1440. The van der Waals surface area contributed by atoms with Gasteiger partial charge in [-0.05, 0) is 134 Å². The van der Waals surface area contributed by atoms with Crippen LogP contribution in [0.15, 0.2) is 30.3 Å². The minimum atomic E-state index is -5.11. The fourth-order valence-electron chi connectivity index (χ4n) is 9.90. The molecule has 0 atom stereocenters. The smallest absolute Gasteiger partial charge is 0.403 e. The molecular formula is C44H59F9O2. The molecule has 0 bridgehead atoms. The molecule has 0 spiro atoms. The Hall–Kier alpha value is -2.59. The Morgan fingerprint density at radius 3 is 1.18 bits per heavy atom. The monoisotopic (exact) mass is 790 g/mol. The van der Waals surface area contributed by atoms with Gasteiger partial charge in [-0.15, -0.1) is 26.3 Å². The van der Waals surface area contributed by atoms with Crippen molar-refractivity contribution in [1.82, 2.24) is 0 Å². The van der Waals surface area contributed by atoms with E-state index in [1.807, 2.05) is 0 Å². The third kappa shape index (κ3) is 14.7. The molecule has 0 saturated heterocycles. The SMILES string of the molecule is CC1CCC(CC2CCC(Cc3cc(F)c(OC(F)(F)F)c(F)c3)CC2)CC1.CC1CCC(CC2CCC(Cc3ccc(OC(F)(F)F)c(F)c3)CC2)CC1. The van der Waals surface area contributed by atoms with Gasteiger partial charge >= 0.3 is 12.7 Å². The van der Waals surface area contributed by atoms with Crippen molar-refractivity contribution in [2.75, 3.05) is 0 Å². The highest BCUT2D eigenvalue weighted by atomic mass is 19.4. The zero-order valence-corrected chi connectivity index (χ0v) is 32.4. The number of alkyl halides is 6. The van der Waals surface area contributed by atoms with Crippen LogP contribution < -0.4 is 9.47 Å². The Kier molecular flexibility index (Phi) is 15.6. The van der Waals surface area contributed by atoms with Gasteiger partial charge in [-0.1, -0.05) is 97.0 Å². The standard InChI is InChI=1S/C22H29F5O.C22H30F4O/c1-14-2-4-15(5-3-14)10-16-6-8-17(9-7-16)11-18-12-19(23)21(20(24)13-18)28-22(25,26)27;1-15-2-4-16(5-3-15)12-17-6-8-18(9-7-17)13-19-10-11-21(20(23)14-19)27-22(24,25)26/h12-17H,2-11H2,1H3;10-11,14-18H,2-9,12-13H2,1H3. The zero-order chi connectivity index (χ0) is 39.8. The predicted octanol–water partition coefficient (Wildman–Crippen LogP) is 14.7. The number of hydrogen-bond donors (Lipinski definition) is 0. The maximum Gasteiger partial charge on any atom is 0.573 e. The quantitative estimate of drug-likeness (QED) is 0.223. The lowest BCUT2D eigenvalue weighted by molar-refractivity contribution is -0.277. The summed E-state index contributed by atoms with van der Waals surface area (Å²) in [5.41, 5.74) is 1.15. The van der Waals surface area contributed by atoms with E-state index in [1.165, 1.54) is 83.1 Å². The fraction of sp³-hybridized carbons (Fsp3) is 0.727. The average molecular weight is 791 g/mol. The van der Waals surface area contributed by atoms with Gasteiger partial charge in [0.2, 0.25) is 5.75 Å². The lowest BCUT2D eigenvalue weighted by atomic mass is 9.72. The number of rotatable bonds is 10. The summed E-state index contributed by atoms with van der Waals surface area (Å²) in [6.45, 7) is 4.68. The molecule has 2 nitrogen and oxygen atoms in total. The molecule has 310 valence electrons. The van der Waals surface area contributed by atoms with Crippen LogP contribution in [0.1, 0.15) is 141 Å². The van der Waals surface area contributed by atoms with Crippen molar-refractivity contribution in [3.63, 3.8) is 0 Å². The molecule has 0 aliphatic heterocycles. The fourth-order valence-corrected chi connectivity index (χ4v) is 9.90. The summed E-state index contributed by atoms with van der Waals surface area (Å²) in [4.78, 5) is 0. The van der Waals surface area contributed by atoms with Gasteiger partial charge in [0.05, 0.1) is 0 Å². The van der Waals surface area contributed by atoms with E-state index in [1.54, 1.807) is 6.07 Å². The molecule has 2 aromatic rings. The van der Waals surface area contributed by atoms with Crippen LogP contribution in [0.5, 0.6) is 11.5 Å². The van der Waals surface area contributed by atoms with Crippen LogP contribution in [0.25, 0.3) is 0 Å². The van der Waals surface area contributed by atoms with Crippen LogP contribution in [0.4, 0.5) is 39.5 Å². The normalized spacial score (nSPS) is 29.2. The van der Waals surface area contributed by atoms with Crippen molar-refractivity contribution in [3.05, 3.63) is 58.9 Å². The molecule has 0 unspecified atom stereocenters. The molecule has 0 radical (unpaired) electrons. The lowest BCUT2D eigenvalue weighted by Crippen LogP contribution is -2.21. The topological polar surface area (TPSA) is 18.5 Å². The summed E-state index contributed by atoms with van der Waals surface area (Å²) in [6.07, 6.45) is 13.8. The van der Waals surface area contributed by atoms with Crippen LogP contribution in [0, 0.1) is 64.8 Å². The summed E-state index contributed by atoms with van der Waals surface area (Å²) >= 11 is 0. The Labute approximate surface area is 321 Å². The molecule has 0 N–H and O–H groups in total. The molecule has 0 aromatic heterocycles. The second-order valence-electron chi connectivity index (χ2n) is 17.7. The van der Waals surface area contributed by atoms with Gasteiger partial charge in [-0.3, -0.25) is 0 Å². The van der Waals surface area contributed by atoms with Gasteiger partial charge < -0.3 is 9.47 Å². The lowest BCUT2D eigenvalue weighted by Gasteiger charge is -2.33. The van der Waals surface area contributed by atoms with Crippen molar-refractivity contribution in [1.29, 1.82) is 0 Å². The number of benzene rings is 2. The molecular weight excluding hydrogens is 731 g/mol. The van der Waals surface area contributed by atoms with Crippen molar-refractivity contribution in [2.45, 2.75) is 155 Å². The maximum absolute atomic E-state index is 13.9. The van der Waals surface area contributed by atoms with Crippen LogP contribution in [-0.2, 0) is 12.8 Å². The van der Waals surface area contributed by atoms with Gasteiger partial charge in [0.1, 0.15) is 0 Å². The van der Waals surface area contributed by atoms with E-state index in [9.17, 15) is 39.5 Å². The Morgan fingerprint density at radius 2 is 0.800 bits per heavy atom. The van der Waals surface area contributed by atoms with Crippen LogP contribution in [0.2, 0.25) is 0 Å². The molecule has 6 rings (SSSR count). The summed E-state index contributed by atoms with van der Waals surface area (Å²) in [5, 5.41) is 0.